The molecule has 0 bridgehead atoms. The van der Waals surface area contributed by atoms with Crippen molar-refractivity contribution >= 4 is 34.6 Å². The number of carbonyl (C=O) groups is 2. The van der Waals surface area contributed by atoms with Gasteiger partial charge in [-0.3, -0.25) is 19.7 Å². The second-order valence-electron chi connectivity index (χ2n) is 4.97. The number of anilines is 1. The smallest absolute Gasteiger partial charge is 0.306 e. The summed E-state index contributed by atoms with van der Waals surface area (Å²) in [7, 11) is 0. The Labute approximate surface area is 142 Å². The lowest BCUT2D eigenvalue weighted by Crippen LogP contribution is -2.30. The van der Waals surface area contributed by atoms with Crippen LogP contribution in [0.1, 0.15) is 18.2 Å². The van der Waals surface area contributed by atoms with Gasteiger partial charge < -0.3 is 10.1 Å². The van der Waals surface area contributed by atoms with E-state index in [4.69, 9.17) is 4.74 Å². The highest BCUT2D eigenvalue weighted by molar-refractivity contribution is 7.09. The van der Waals surface area contributed by atoms with Gasteiger partial charge in [0.2, 0.25) is 0 Å². The summed E-state index contributed by atoms with van der Waals surface area (Å²) in [6, 6.07) is 9.59. The van der Waals surface area contributed by atoms with Gasteiger partial charge >= 0.3 is 5.97 Å². The minimum absolute atomic E-state index is 0.0639. The van der Waals surface area contributed by atoms with Crippen LogP contribution in [0.2, 0.25) is 0 Å². The van der Waals surface area contributed by atoms with Crippen LogP contribution in [0, 0.1) is 10.1 Å². The fourth-order valence-corrected chi connectivity index (χ4v) is 2.67. The molecule has 0 aliphatic rings. The SMILES string of the molecule is C[C@@H](OC(=O)CCc1cccs1)C(=O)Nc1ccccc1[N+](=O)[O-]. The van der Waals surface area contributed by atoms with Crippen molar-refractivity contribution in [2.75, 3.05) is 5.32 Å². The number of nitro groups is 1. The second-order valence-corrected chi connectivity index (χ2v) is 6.01. The number of para-hydroxylation sites is 2. The lowest BCUT2D eigenvalue weighted by atomic mass is 10.2. The Balaban J connectivity index is 1.88. The first-order valence-electron chi connectivity index (χ1n) is 7.23. The Hall–Kier alpha value is -2.74. The molecular formula is C16H16N2O5S. The summed E-state index contributed by atoms with van der Waals surface area (Å²) in [6.07, 6.45) is -0.320. The van der Waals surface area contributed by atoms with Crippen LogP contribution in [0.3, 0.4) is 0 Å². The van der Waals surface area contributed by atoms with Gasteiger partial charge in [0.15, 0.2) is 6.10 Å². The highest BCUT2D eigenvalue weighted by atomic mass is 32.1. The highest BCUT2D eigenvalue weighted by Gasteiger charge is 2.21. The normalized spacial score (nSPS) is 11.5. The van der Waals surface area contributed by atoms with Crippen LogP contribution in [0.4, 0.5) is 11.4 Å². The first kappa shape index (κ1) is 17.6. The molecule has 126 valence electrons. The molecule has 1 heterocycles. The summed E-state index contributed by atoms with van der Waals surface area (Å²) >= 11 is 1.55. The van der Waals surface area contributed by atoms with Gasteiger partial charge in [0.1, 0.15) is 5.69 Å². The molecule has 1 aromatic heterocycles. The van der Waals surface area contributed by atoms with Crippen molar-refractivity contribution < 1.29 is 19.2 Å². The maximum Gasteiger partial charge on any atom is 0.306 e. The van der Waals surface area contributed by atoms with Gasteiger partial charge in [0.05, 0.1) is 11.3 Å². The van der Waals surface area contributed by atoms with Crippen molar-refractivity contribution in [3.05, 3.63) is 56.8 Å². The molecule has 2 rings (SSSR count). The molecule has 7 nitrogen and oxygen atoms in total. The number of nitrogens with one attached hydrogen (secondary N) is 1. The summed E-state index contributed by atoms with van der Waals surface area (Å²) in [5.41, 5.74) is -0.156. The number of hydrogen-bond acceptors (Lipinski definition) is 6. The Bertz CT molecular complexity index is 730. The third-order valence-electron chi connectivity index (χ3n) is 3.19. The van der Waals surface area contributed by atoms with E-state index < -0.39 is 22.9 Å². The van der Waals surface area contributed by atoms with Crippen molar-refractivity contribution in [1.82, 2.24) is 0 Å². The van der Waals surface area contributed by atoms with Crippen molar-refractivity contribution in [3.8, 4) is 0 Å². The fraction of sp³-hybridized carbons (Fsp3) is 0.250. The van der Waals surface area contributed by atoms with E-state index in [1.807, 2.05) is 17.5 Å². The summed E-state index contributed by atoms with van der Waals surface area (Å²) in [6.45, 7) is 1.42. The van der Waals surface area contributed by atoms with E-state index in [-0.39, 0.29) is 17.8 Å². The minimum Gasteiger partial charge on any atom is -0.453 e. The molecule has 1 aromatic carbocycles. The molecule has 0 aliphatic carbocycles. The zero-order chi connectivity index (χ0) is 17.5. The predicted octanol–water partition coefficient (Wildman–Crippen LogP) is 3.16. The first-order chi connectivity index (χ1) is 11.5. The molecule has 8 heteroatoms. The lowest BCUT2D eigenvalue weighted by Gasteiger charge is -2.13. The van der Waals surface area contributed by atoms with Gasteiger partial charge in [-0.05, 0) is 30.9 Å². The molecule has 0 fully saturated rings. The topological polar surface area (TPSA) is 98.5 Å². The fourth-order valence-electron chi connectivity index (χ4n) is 1.96. The zero-order valence-electron chi connectivity index (χ0n) is 12.9. The van der Waals surface area contributed by atoms with Crippen LogP contribution >= 0.6 is 11.3 Å². The number of nitro benzene ring substituents is 1. The summed E-state index contributed by atoms with van der Waals surface area (Å²) < 4.78 is 5.07. The Morgan fingerprint density at radius 2 is 2.04 bits per heavy atom. The summed E-state index contributed by atoms with van der Waals surface area (Å²) in [5.74, 6) is -1.11. The van der Waals surface area contributed by atoms with Gasteiger partial charge in [-0.1, -0.05) is 18.2 Å². The Morgan fingerprint density at radius 3 is 2.71 bits per heavy atom. The molecular weight excluding hydrogens is 332 g/mol. The number of carbonyl (C=O) groups excluding carboxylic acids is 2. The van der Waals surface area contributed by atoms with E-state index in [2.05, 4.69) is 5.32 Å². The molecule has 0 aliphatic heterocycles. The quantitative estimate of drug-likeness (QED) is 0.471. The number of amides is 1. The van der Waals surface area contributed by atoms with Crippen molar-refractivity contribution in [3.63, 3.8) is 0 Å². The Morgan fingerprint density at radius 1 is 1.29 bits per heavy atom. The monoisotopic (exact) mass is 348 g/mol. The maximum absolute atomic E-state index is 12.0. The van der Waals surface area contributed by atoms with Crippen LogP contribution in [-0.4, -0.2) is 22.9 Å². The summed E-state index contributed by atoms with van der Waals surface area (Å²) in [5, 5.41) is 15.2. The van der Waals surface area contributed by atoms with Gasteiger partial charge in [-0.15, -0.1) is 11.3 Å². The average molecular weight is 348 g/mol. The van der Waals surface area contributed by atoms with Gasteiger partial charge in [0.25, 0.3) is 11.6 Å². The number of nitrogens with zero attached hydrogens (tertiary/aromatic N) is 1. The lowest BCUT2D eigenvalue weighted by molar-refractivity contribution is -0.383. The van der Waals surface area contributed by atoms with Crippen LogP contribution in [0.15, 0.2) is 41.8 Å². The van der Waals surface area contributed by atoms with Gasteiger partial charge in [-0.25, -0.2) is 0 Å². The zero-order valence-corrected chi connectivity index (χ0v) is 13.7. The third-order valence-corrected chi connectivity index (χ3v) is 4.13. The number of rotatable bonds is 7. The Kier molecular flexibility index (Phi) is 6.02. The number of thiophene rings is 1. The molecule has 0 radical (unpaired) electrons. The van der Waals surface area contributed by atoms with E-state index in [0.29, 0.717) is 6.42 Å². The van der Waals surface area contributed by atoms with E-state index in [1.54, 1.807) is 17.4 Å². The average Bonchev–Trinajstić information content (AvgIpc) is 3.06. The van der Waals surface area contributed by atoms with Crippen molar-refractivity contribution in [1.29, 1.82) is 0 Å². The predicted molar refractivity (Wildman–Crippen MR) is 89.9 cm³/mol. The molecule has 0 saturated carbocycles. The second kappa shape index (κ2) is 8.21. The molecule has 1 amide bonds. The maximum atomic E-state index is 12.0. The molecule has 1 N–H and O–H groups in total. The minimum atomic E-state index is -1.04. The molecule has 0 unspecified atom stereocenters. The van der Waals surface area contributed by atoms with Crippen LogP contribution < -0.4 is 5.32 Å². The number of benzene rings is 1. The van der Waals surface area contributed by atoms with Gasteiger partial charge in [-0.2, -0.15) is 0 Å². The first-order valence-corrected chi connectivity index (χ1v) is 8.11. The van der Waals surface area contributed by atoms with Crippen LogP contribution in [0.25, 0.3) is 0 Å². The number of hydrogen-bond donors (Lipinski definition) is 1. The highest BCUT2D eigenvalue weighted by Crippen LogP contribution is 2.23. The molecule has 0 spiro atoms. The number of ether oxygens (including phenoxy) is 1. The largest absolute Gasteiger partial charge is 0.453 e. The third kappa shape index (κ3) is 4.88. The number of esters is 1. The summed E-state index contributed by atoms with van der Waals surface area (Å²) in [4.78, 5) is 35.2. The molecule has 1 atom stereocenters. The molecule has 2 aromatic rings. The van der Waals surface area contributed by atoms with Crippen LogP contribution in [-0.2, 0) is 20.7 Å². The van der Waals surface area contributed by atoms with Gasteiger partial charge in [0, 0.05) is 10.9 Å². The van der Waals surface area contributed by atoms with Crippen LogP contribution in [0.5, 0.6) is 0 Å². The van der Waals surface area contributed by atoms with Crippen molar-refractivity contribution in [2.45, 2.75) is 25.9 Å². The standard InChI is InChI=1S/C16H16N2O5S/c1-11(23-15(19)9-8-12-5-4-10-24-12)16(20)17-13-6-2-3-7-14(13)18(21)22/h2-7,10-11H,8-9H2,1H3,(H,17,20)/t11-/m1/s1. The van der Waals surface area contributed by atoms with Crippen molar-refractivity contribution in [2.24, 2.45) is 0 Å². The molecule has 24 heavy (non-hydrogen) atoms. The van der Waals surface area contributed by atoms with E-state index in [9.17, 15) is 19.7 Å². The van der Waals surface area contributed by atoms with E-state index in [1.165, 1.54) is 25.1 Å². The van der Waals surface area contributed by atoms with E-state index in [0.717, 1.165) is 4.88 Å². The number of aryl methyl sites for hydroxylation is 1. The molecule has 0 saturated heterocycles. The van der Waals surface area contributed by atoms with E-state index >= 15 is 0 Å².